The molecule has 1 aliphatic rings. The van der Waals surface area contributed by atoms with Gasteiger partial charge in [0.2, 0.25) is 0 Å². The van der Waals surface area contributed by atoms with E-state index in [0.717, 1.165) is 36.6 Å². The molecule has 0 aliphatic carbocycles. The summed E-state index contributed by atoms with van der Waals surface area (Å²) in [5.74, 6) is 0.738. The minimum absolute atomic E-state index is 0.0183. The lowest BCUT2D eigenvalue weighted by molar-refractivity contribution is 0.0948. The average molecular weight is 272 g/mol. The number of likely N-dealkylation sites (tertiary alicyclic amines) is 1. The van der Waals surface area contributed by atoms with Gasteiger partial charge in [-0.25, -0.2) is 0 Å². The van der Waals surface area contributed by atoms with E-state index in [1.54, 1.807) is 6.08 Å². The third-order valence-corrected chi connectivity index (χ3v) is 3.97. The molecule has 0 unspecified atom stereocenters. The van der Waals surface area contributed by atoms with Crippen molar-refractivity contribution in [1.82, 2.24) is 10.2 Å². The number of benzene rings is 1. The molecule has 0 saturated carbocycles. The van der Waals surface area contributed by atoms with Gasteiger partial charge in [-0.3, -0.25) is 4.79 Å². The molecular formula is C17H24N2O. The summed E-state index contributed by atoms with van der Waals surface area (Å²) in [5.41, 5.74) is 1.75. The fourth-order valence-electron chi connectivity index (χ4n) is 2.77. The molecule has 0 spiro atoms. The van der Waals surface area contributed by atoms with E-state index >= 15 is 0 Å². The average Bonchev–Trinajstić information content (AvgIpc) is 2.47. The Morgan fingerprint density at radius 3 is 2.85 bits per heavy atom. The highest BCUT2D eigenvalue weighted by atomic mass is 16.1. The zero-order valence-electron chi connectivity index (χ0n) is 12.3. The highest BCUT2D eigenvalue weighted by Gasteiger charge is 2.16. The maximum Gasteiger partial charge on any atom is 0.251 e. The molecule has 1 aromatic rings. The van der Waals surface area contributed by atoms with E-state index in [1.807, 2.05) is 24.3 Å². The zero-order valence-corrected chi connectivity index (χ0v) is 12.3. The lowest BCUT2D eigenvalue weighted by Crippen LogP contribution is -2.34. The predicted molar refractivity (Wildman–Crippen MR) is 83.7 cm³/mol. The van der Waals surface area contributed by atoms with Gasteiger partial charge in [0.25, 0.3) is 5.91 Å². The normalized spacial score (nSPS) is 19.6. The monoisotopic (exact) mass is 272 g/mol. The SMILES string of the molecule is C=Cc1ccc(C(=O)NCC[C@@H]2CCCN(C)C2)cc1. The van der Waals surface area contributed by atoms with Crippen molar-refractivity contribution < 1.29 is 4.79 Å². The summed E-state index contributed by atoms with van der Waals surface area (Å²) >= 11 is 0. The van der Waals surface area contributed by atoms with Crippen molar-refractivity contribution in [3.8, 4) is 0 Å². The van der Waals surface area contributed by atoms with Crippen molar-refractivity contribution in [2.75, 3.05) is 26.7 Å². The molecule has 2 rings (SSSR count). The van der Waals surface area contributed by atoms with Crippen molar-refractivity contribution in [2.24, 2.45) is 5.92 Å². The minimum Gasteiger partial charge on any atom is -0.352 e. The first-order valence-corrected chi connectivity index (χ1v) is 7.38. The largest absolute Gasteiger partial charge is 0.352 e. The Morgan fingerprint density at radius 2 is 2.20 bits per heavy atom. The van der Waals surface area contributed by atoms with Crippen LogP contribution in [0.4, 0.5) is 0 Å². The van der Waals surface area contributed by atoms with E-state index in [9.17, 15) is 4.79 Å². The van der Waals surface area contributed by atoms with Crippen molar-refractivity contribution >= 4 is 12.0 Å². The van der Waals surface area contributed by atoms with E-state index in [1.165, 1.54) is 19.4 Å². The number of nitrogens with one attached hydrogen (secondary N) is 1. The summed E-state index contributed by atoms with van der Waals surface area (Å²) in [6.45, 7) is 6.84. The second-order valence-electron chi connectivity index (χ2n) is 5.64. The van der Waals surface area contributed by atoms with Crippen molar-refractivity contribution in [3.63, 3.8) is 0 Å². The van der Waals surface area contributed by atoms with Gasteiger partial charge >= 0.3 is 0 Å². The molecule has 0 bridgehead atoms. The van der Waals surface area contributed by atoms with Gasteiger partial charge in [-0.1, -0.05) is 24.8 Å². The van der Waals surface area contributed by atoms with Crippen LogP contribution in [0.3, 0.4) is 0 Å². The molecule has 108 valence electrons. The van der Waals surface area contributed by atoms with Gasteiger partial charge in [-0.2, -0.15) is 0 Å². The van der Waals surface area contributed by atoms with Gasteiger partial charge in [0.15, 0.2) is 0 Å². The molecule has 1 aliphatic heterocycles. The van der Waals surface area contributed by atoms with Crippen LogP contribution >= 0.6 is 0 Å². The van der Waals surface area contributed by atoms with Crippen LogP contribution in [0.5, 0.6) is 0 Å². The molecule has 3 heteroatoms. The standard InChI is InChI=1S/C17H24N2O/c1-3-14-6-8-16(9-7-14)17(20)18-11-10-15-5-4-12-19(2)13-15/h3,6-9,15H,1,4-5,10-13H2,2H3,(H,18,20)/t15-/m0/s1. The van der Waals surface area contributed by atoms with Crippen LogP contribution < -0.4 is 5.32 Å². The quantitative estimate of drug-likeness (QED) is 0.894. The van der Waals surface area contributed by atoms with Crippen LogP contribution in [0.1, 0.15) is 35.2 Å². The molecule has 3 nitrogen and oxygen atoms in total. The predicted octanol–water partition coefficient (Wildman–Crippen LogP) is 2.79. The van der Waals surface area contributed by atoms with Crippen LogP contribution in [0.2, 0.25) is 0 Å². The lowest BCUT2D eigenvalue weighted by atomic mass is 9.95. The number of amides is 1. The molecule has 0 aromatic heterocycles. The van der Waals surface area contributed by atoms with Crippen LogP contribution in [0, 0.1) is 5.92 Å². The number of piperidine rings is 1. The Balaban J connectivity index is 1.75. The van der Waals surface area contributed by atoms with Gasteiger partial charge in [0.1, 0.15) is 0 Å². The Bertz CT molecular complexity index is 453. The maximum absolute atomic E-state index is 12.0. The molecular weight excluding hydrogens is 248 g/mol. The summed E-state index contributed by atoms with van der Waals surface area (Å²) in [5, 5.41) is 3.02. The number of hydrogen-bond donors (Lipinski definition) is 1. The molecule has 0 radical (unpaired) electrons. The molecule has 1 fully saturated rings. The van der Waals surface area contributed by atoms with Crippen LogP contribution in [-0.2, 0) is 0 Å². The van der Waals surface area contributed by atoms with Crippen molar-refractivity contribution in [3.05, 3.63) is 42.0 Å². The first-order chi connectivity index (χ1) is 9.69. The molecule has 1 aromatic carbocycles. The molecule has 1 heterocycles. The Kier molecular flexibility index (Phi) is 5.36. The van der Waals surface area contributed by atoms with Gasteiger partial charge in [0.05, 0.1) is 0 Å². The van der Waals surface area contributed by atoms with E-state index < -0.39 is 0 Å². The molecule has 1 saturated heterocycles. The number of carbonyl (C=O) groups excluding carboxylic acids is 1. The smallest absolute Gasteiger partial charge is 0.251 e. The molecule has 1 N–H and O–H groups in total. The number of hydrogen-bond acceptors (Lipinski definition) is 2. The highest BCUT2D eigenvalue weighted by Crippen LogP contribution is 2.17. The highest BCUT2D eigenvalue weighted by molar-refractivity contribution is 5.94. The Morgan fingerprint density at radius 1 is 1.45 bits per heavy atom. The second-order valence-corrected chi connectivity index (χ2v) is 5.64. The number of carbonyl (C=O) groups is 1. The van der Waals surface area contributed by atoms with E-state index in [-0.39, 0.29) is 5.91 Å². The van der Waals surface area contributed by atoms with E-state index in [4.69, 9.17) is 0 Å². The maximum atomic E-state index is 12.0. The molecule has 20 heavy (non-hydrogen) atoms. The summed E-state index contributed by atoms with van der Waals surface area (Å²) in [7, 11) is 2.17. The fourth-order valence-corrected chi connectivity index (χ4v) is 2.77. The fraction of sp³-hybridized carbons (Fsp3) is 0.471. The summed E-state index contributed by atoms with van der Waals surface area (Å²) in [4.78, 5) is 14.4. The first-order valence-electron chi connectivity index (χ1n) is 7.38. The summed E-state index contributed by atoms with van der Waals surface area (Å²) in [6, 6.07) is 7.53. The molecule has 1 atom stereocenters. The van der Waals surface area contributed by atoms with Gasteiger partial charge in [-0.05, 0) is 56.5 Å². The van der Waals surface area contributed by atoms with Crippen LogP contribution in [0.15, 0.2) is 30.8 Å². The minimum atomic E-state index is 0.0183. The van der Waals surface area contributed by atoms with Gasteiger partial charge in [0, 0.05) is 18.7 Å². The van der Waals surface area contributed by atoms with Crippen LogP contribution in [0.25, 0.3) is 6.08 Å². The van der Waals surface area contributed by atoms with E-state index in [2.05, 4.69) is 23.8 Å². The van der Waals surface area contributed by atoms with Crippen molar-refractivity contribution in [1.29, 1.82) is 0 Å². The topological polar surface area (TPSA) is 32.3 Å². The number of nitrogens with zero attached hydrogens (tertiary/aromatic N) is 1. The second kappa shape index (κ2) is 7.25. The van der Waals surface area contributed by atoms with Crippen LogP contribution in [-0.4, -0.2) is 37.5 Å². The Labute approximate surface area is 121 Å². The molecule has 1 amide bonds. The van der Waals surface area contributed by atoms with Crippen molar-refractivity contribution in [2.45, 2.75) is 19.3 Å². The zero-order chi connectivity index (χ0) is 14.4. The van der Waals surface area contributed by atoms with E-state index in [0.29, 0.717) is 0 Å². The van der Waals surface area contributed by atoms with Gasteiger partial charge in [-0.15, -0.1) is 0 Å². The van der Waals surface area contributed by atoms with Gasteiger partial charge < -0.3 is 10.2 Å². The Hall–Kier alpha value is -1.61. The number of rotatable bonds is 5. The first kappa shape index (κ1) is 14.8. The lowest BCUT2D eigenvalue weighted by Gasteiger charge is -2.29. The third kappa shape index (κ3) is 4.20. The summed E-state index contributed by atoms with van der Waals surface area (Å²) in [6.07, 6.45) is 5.41. The summed E-state index contributed by atoms with van der Waals surface area (Å²) < 4.78 is 0. The third-order valence-electron chi connectivity index (χ3n) is 3.97.